The largest absolute Gasteiger partial charge is 0.493 e. The van der Waals surface area contributed by atoms with Gasteiger partial charge in [0.15, 0.2) is 5.96 Å². The number of ether oxygens (including phenoxy) is 2. The van der Waals surface area contributed by atoms with Gasteiger partial charge in [0.25, 0.3) is 0 Å². The van der Waals surface area contributed by atoms with Crippen LogP contribution in [0.1, 0.15) is 38.5 Å². The van der Waals surface area contributed by atoms with Gasteiger partial charge in [-0.15, -0.1) is 24.0 Å². The third-order valence-corrected chi connectivity index (χ3v) is 5.01. The number of benzene rings is 1. The van der Waals surface area contributed by atoms with Crippen LogP contribution in [0.25, 0.3) is 0 Å². The Morgan fingerprint density at radius 2 is 1.97 bits per heavy atom. The third-order valence-electron chi connectivity index (χ3n) is 5.01. The average molecular weight is 532 g/mol. The van der Waals surface area contributed by atoms with Gasteiger partial charge in [0.1, 0.15) is 12.3 Å². The summed E-state index contributed by atoms with van der Waals surface area (Å²) >= 11 is 0. The number of hydrogen-bond donors (Lipinski definition) is 2. The Balaban J connectivity index is 0.00000450. The highest BCUT2D eigenvalue weighted by Crippen LogP contribution is 2.23. The fourth-order valence-corrected chi connectivity index (χ4v) is 3.25. The normalized spacial score (nSPS) is 14.6. The van der Waals surface area contributed by atoms with Gasteiger partial charge in [0.2, 0.25) is 5.91 Å². The first-order chi connectivity index (χ1) is 14.1. The summed E-state index contributed by atoms with van der Waals surface area (Å²) in [7, 11) is 5.17. The number of carbonyl (C=O) groups excluding carboxylic acids is 1. The summed E-state index contributed by atoms with van der Waals surface area (Å²) in [5.74, 6) is 2.05. The van der Waals surface area contributed by atoms with Crippen molar-refractivity contribution < 1.29 is 14.3 Å². The highest BCUT2D eigenvalue weighted by molar-refractivity contribution is 14.0. The molecule has 7 nitrogen and oxygen atoms in total. The predicted molar refractivity (Wildman–Crippen MR) is 133 cm³/mol. The maximum absolute atomic E-state index is 12.0. The Kier molecular flexibility index (Phi) is 13.5. The molecule has 0 spiro atoms. The molecular formula is C22H37IN4O3. The summed E-state index contributed by atoms with van der Waals surface area (Å²) in [6.45, 7) is 2.27. The highest BCUT2D eigenvalue weighted by Gasteiger charge is 2.14. The van der Waals surface area contributed by atoms with Crippen LogP contribution in [0.4, 0.5) is 5.69 Å². The van der Waals surface area contributed by atoms with Gasteiger partial charge in [-0.1, -0.05) is 25.3 Å². The number of hydrogen-bond acceptors (Lipinski definition) is 4. The molecular weight excluding hydrogens is 495 g/mol. The number of aliphatic imine (C=N–C) groups is 1. The number of rotatable bonds is 10. The number of nitrogens with zero attached hydrogens (tertiary/aromatic N) is 2. The van der Waals surface area contributed by atoms with Gasteiger partial charge >= 0.3 is 0 Å². The Bertz CT molecular complexity index is 649. The van der Waals surface area contributed by atoms with Gasteiger partial charge in [-0.25, -0.2) is 4.99 Å². The molecule has 1 saturated carbocycles. The lowest BCUT2D eigenvalue weighted by Crippen LogP contribution is -2.36. The Morgan fingerprint density at radius 1 is 1.20 bits per heavy atom. The van der Waals surface area contributed by atoms with E-state index in [0.29, 0.717) is 25.1 Å². The molecule has 0 heterocycles. The molecule has 2 rings (SSSR count). The zero-order valence-corrected chi connectivity index (χ0v) is 20.8. The molecule has 1 fully saturated rings. The number of carbonyl (C=O) groups is 1. The first-order valence-corrected chi connectivity index (χ1v) is 10.6. The number of amides is 1. The van der Waals surface area contributed by atoms with Crippen LogP contribution in [0.2, 0.25) is 0 Å². The molecule has 170 valence electrons. The summed E-state index contributed by atoms with van der Waals surface area (Å²) in [6.07, 6.45) is 7.28. The predicted octanol–water partition coefficient (Wildman–Crippen LogP) is 3.75. The van der Waals surface area contributed by atoms with Crippen LogP contribution in [-0.4, -0.2) is 64.3 Å². The SMILES string of the molecule is COCCCOc1cccc(NC(=NCC(=O)N(C)C)NCC2CCCCC2)c1.I. The van der Waals surface area contributed by atoms with Crippen LogP contribution in [0.15, 0.2) is 29.3 Å². The second kappa shape index (κ2) is 15.3. The van der Waals surface area contributed by atoms with Crippen LogP contribution in [-0.2, 0) is 9.53 Å². The molecule has 1 aliphatic rings. The second-order valence-electron chi connectivity index (χ2n) is 7.69. The van der Waals surface area contributed by atoms with E-state index in [1.807, 2.05) is 24.3 Å². The van der Waals surface area contributed by atoms with Crippen molar-refractivity contribution in [1.29, 1.82) is 0 Å². The Labute approximate surface area is 198 Å². The molecule has 1 aromatic carbocycles. The van der Waals surface area contributed by atoms with Crippen LogP contribution in [0.5, 0.6) is 5.75 Å². The minimum absolute atomic E-state index is 0. The zero-order valence-electron chi connectivity index (χ0n) is 18.5. The standard InChI is InChI=1S/C22H36N4O3.HI/c1-26(2)21(27)17-24-22(23-16-18-9-5-4-6-10-18)25-19-11-7-12-20(15-19)29-14-8-13-28-3;/h7,11-12,15,18H,4-6,8-10,13-14,16-17H2,1-3H3,(H2,23,24,25);1H. The lowest BCUT2D eigenvalue weighted by molar-refractivity contribution is -0.127. The van der Waals surface area contributed by atoms with Crippen LogP contribution < -0.4 is 15.4 Å². The van der Waals surface area contributed by atoms with E-state index >= 15 is 0 Å². The van der Waals surface area contributed by atoms with E-state index in [-0.39, 0.29) is 36.4 Å². The lowest BCUT2D eigenvalue weighted by Gasteiger charge is -2.23. The Hall–Kier alpha value is -1.55. The highest BCUT2D eigenvalue weighted by atomic mass is 127. The third kappa shape index (κ3) is 10.5. The molecule has 0 aromatic heterocycles. The number of halogens is 1. The van der Waals surface area contributed by atoms with E-state index in [2.05, 4.69) is 15.6 Å². The first-order valence-electron chi connectivity index (χ1n) is 10.6. The van der Waals surface area contributed by atoms with Crippen molar-refractivity contribution in [2.24, 2.45) is 10.9 Å². The summed E-state index contributed by atoms with van der Waals surface area (Å²) in [5, 5.41) is 6.74. The minimum atomic E-state index is -0.0287. The fraction of sp³-hybridized carbons (Fsp3) is 0.636. The monoisotopic (exact) mass is 532 g/mol. The number of likely N-dealkylation sites (N-methyl/N-ethyl adjacent to an activating group) is 1. The molecule has 8 heteroatoms. The zero-order chi connectivity index (χ0) is 20.9. The van der Waals surface area contributed by atoms with Crippen molar-refractivity contribution in [3.8, 4) is 5.75 Å². The number of anilines is 1. The molecule has 0 atom stereocenters. The van der Waals surface area contributed by atoms with E-state index in [0.717, 1.165) is 24.4 Å². The van der Waals surface area contributed by atoms with E-state index in [1.165, 1.54) is 32.1 Å². The van der Waals surface area contributed by atoms with Crippen molar-refractivity contribution >= 4 is 41.5 Å². The maximum Gasteiger partial charge on any atom is 0.243 e. The van der Waals surface area contributed by atoms with E-state index < -0.39 is 0 Å². The first kappa shape index (κ1) is 26.5. The number of guanidine groups is 1. The van der Waals surface area contributed by atoms with Crippen LogP contribution in [0, 0.1) is 5.92 Å². The fourth-order valence-electron chi connectivity index (χ4n) is 3.25. The van der Waals surface area contributed by atoms with Gasteiger partial charge in [0.05, 0.1) is 6.61 Å². The van der Waals surface area contributed by atoms with Crippen LogP contribution in [0.3, 0.4) is 0 Å². The van der Waals surface area contributed by atoms with Gasteiger partial charge in [-0.3, -0.25) is 4.79 Å². The van der Waals surface area contributed by atoms with E-state index in [9.17, 15) is 4.79 Å². The van der Waals surface area contributed by atoms with Crippen molar-refractivity contribution in [2.45, 2.75) is 38.5 Å². The molecule has 0 unspecified atom stereocenters. The topological polar surface area (TPSA) is 75.2 Å². The van der Waals surface area contributed by atoms with Gasteiger partial charge in [-0.05, 0) is 30.9 Å². The van der Waals surface area contributed by atoms with Crippen molar-refractivity contribution in [3.63, 3.8) is 0 Å². The van der Waals surface area contributed by atoms with E-state index in [4.69, 9.17) is 9.47 Å². The average Bonchev–Trinajstić information content (AvgIpc) is 2.74. The van der Waals surface area contributed by atoms with Gasteiger partial charge in [-0.2, -0.15) is 0 Å². The second-order valence-corrected chi connectivity index (χ2v) is 7.69. The van der Waals surface area contributed by atoms with Gasteiger partial charge < -0.3 is 25.0 Å². The summed E-state index contributed by atoms with van der Waals surface area (Å²) in [4.78, 5) is 18.0. The molecule has 2 N–H and O–H groups in total. The van der Waals surface area contributed by atoms with Crippen molar-refractivity contribution in [2.75, 3.05) is 52.8 Å². The quantitative estimate of drug-likeness (QED) is 0.208. The molecule has 30 heavy (non-hydrogen) atoms. The van der Waals surface area contributed by atoms with Gasteiger partial charge in [0, 0.05) is 52.5 Å². The van der Waals surface area contributed by atoms with Crippen molar-refractivity contribution in [3.05, 3.63) is 24.3 Å². The number of nitrogens with one attached hydrogen (secondary N) is 2. The number of methoxy groups -OCH3 is 1. The molecule has 0 saturated heterocycles. The minimum Gasteiger partial charge on any atom is -0.493 e. The molecule has 0 radical (unpaired) electrons. The molecule has 1 aliphatic carbocycles. The maximum atomic E-state index is 12.0. The Morgan fingerprint density at radius 3 is 2.67 bits per heavy atom. The summed E-state index contributed by atoms with van der Waals surface area (Å²) in [5.41, 5.74) is 0.876. The lowest BCUT2D eigenvalue weighted by atomic mass is 9.89. The molecule has 1 amide bonds. The molecule has 0 bridgehead atoms. The molecule has 1 aromatic rings. The molecule has 0 aliphatic heterocycles. The van der Waals surface area contributed by atoms with E-state index in [1.54, 1.807) is 26.1 Å². The smallest absolute Gasteiger partial charge is 0.243 e. The summed E-state index contributed by atoms with van der Waals surface area (Å²) in [6, 6.07) is 7.78. The van der Waals surface area contributed by atoms with Crippen LogP contribution >= 0.6 is 24.0 Å². The summed E-state index contributed by atoms with van der Waals surface area (Å²) < 4.78 is 10.8. The van der Waals surface area contributed by atoms with Crippen molar-refractivity contribution in [1.82, 2.24) is 10.2 Å².